The van der Waals surface area contributed by atoms with Gasteiger partial charge in [0.2, 0.25) is 0 Å². The molecule has 2 unspecified atom stereocenters. The highest BCUT2D eigenvalue weighted by molar-refractivity contribution is 7.91. The molecule has 0 spiro atoms. The van der Waals surface area contributed by atoms with E-state index in [0.29, 0.717) is 25.9 Å². The van der Waals surface area contributed by atoms with Crippen LogP contribution in [-0.4, -0.2) is 63.2 Å². The minimum absolute atomic E-state index is 0.0293. The molecular formula is C11H19F3N2O2S. The van der Waals surface area contributed by atoms with Gasteiger partial charge in [-0.25, -0.2) is 8.42 Å². The van der Waals surface area contributed by atoms with Crippen molar-refractivity contribution in [2.45, 2.75) is 25.1 Å². The van der Waals surface area contributed by atoms with E-state index >= 15 is 0 Å². The van der Waals surface area contributed by atoms with Crippen molar-refractivity contribution in [3.05, 3.63) is 0 Å². The van der Waals surface area contributed by atoms with Crippen LogP contribution in [0.4, 0.5) is 13.2 Å². The molecule has 1 N–H and O–H groups in total. The van der Waals surface area contributed by atoms with Gasteiger partial charge in [0.1, 0.15) is 6.04 Å². The Hall–Kier alpha value is -0.340. The molecule has 8 heteroatoms. The second-order valence-electron chi connectivity index (χ2n) is 5.38. The predicted octanol–water partition coefficient (Wildman–Crippen LogP) is 0.647. The molecule has 0 amide bonds. The van der Waals surface area contributed by atoms with Gasteiger partial charge in [-0.3, -0.25) is 4.90 Å². The molecule has 0 saturated carbocycles. The Kier molecular flexibility index (Phi) is 4.42. The van der Waals surface area contributed by atoms with Crippen LogP contribution in [0.5, 0.6) is 0 Å². The lowest BCUT2D eigenvalue weighted by Crippen LogP contribution is -2.59. The van der Waals surface area contributed by atoms with E-state index in [-0.39, 0.29) is 30.5 Å². The van der Waals surface area contributed by atoms with E-state index < -0.39 is 22.1 Å². The third kappa shape index (κ3) is 4.06. The molecule has 2 rings (SSSR count). The Labute approximate surface area is 111 Å². The summed E-state index contributed by atoms with van der Waals surface area (Å²) in [6, 6.07) is -1.49. The molecule has 2 aliphatic heterocycles. The summed E-state index contributed by atoms with van der Waals surface area (Å²) in [4.78, 5) is 1.39. The number of nitrogens with one attached hydrogen (secondary N) is 1. The van der Waals surface area contributed by atoms with Crippen molar-refractivity contribution in [2.24, 2.45) is 5.92 Å². The van der Waals surface area contributed by atoms with Crippen LogP contribution in [0.15, 0.2) is 0 Å². The van der Waals surface area contributed by atoms with Crippen molar-refractivity contribution < 1.29 is 21.6 Å². The van der Waals surface area contributed by atoms with Gasteiger partial charge in [-0.1, -0.05) is 0 Å². The Morgan fingerprint density at radius 2 is 2.05 bits per heavy atom. The minimum atomic E-state index is -4.26. The van der Waals surface area contributed by atoms with E-state index in [0.717, 1.165) is 0 Å². The average molecular weight is 300 g/mol. The molecule has 4 nitrogen and oxygen atoms in total. The Morgan fingerprint density at radius 3 is 2.68 bits per heavy atom. The molecule has 0 radical (unpaired) electrons. The van der Waals surface area contributed by atoms with Gasteiger partial charge in [0.15, 0.2) is 9.84 Å². The van der Waals surface area contributed by atoms with Gasteiger partial charge in [-0.05, 0) is 18.8 Å². The molecule has 19 heavy (non-hydrogen) atoms. The van der Waals surface area contributed by atoms with Crippen LogP contribution in [0, 0.1) is 5.92 Å². The first-order chi connectivity index (χ1) is 8.78. The first kappa shape index (κ1) is 15.1. The zero-order chi connectivity index (χ0) is 14.1. The quantitative estimate of drug-likeness (QED) is 0.813. The monoisotopic (exact) mass is 300 g/mol. The van der Waals surface area contributed by atoms with Crippen molar-refractivity contribution in [1.82, 2.24) is 10.2 Å². The number of halogens is 3. The molecule has 2 atom stereocenters. The molecular weight excluding hydrogens is 281 g/mol. The maximum absolute atomic E-state index is 12.9. The first-order valence-electron chi connectivity index (χ1n) is 6.50. The Morgan fingerprint density at radius 1 is 1.32 bits per heavy atom. The van der Waals surface area contributed by atoms with Crippen molar-refractivity contribution in [2.75, 3.05) is 37.7 Å². The van der Waals surface area contributed by atoms with Gasteiger partial charge < -0.3 is 5.32 Å². The van der Waals surface area contributed by atoms with E-state index in [9.17, 15) is 21.6 Å². The lowest BCUT2D eigenvalue weighted by Gasteiger charge is -2.39. The molecule has 0 aliphatic carbocycles. The summed E-state index contributed by atoms with van der Waals surface area (Å²) in [6.45, 7) is 0.959. The van der Waals surface area contributed by atoms with Crippen LogP contribution < -0.4 is 5.32 Å². The van der Waals surface area contributed by atoms with Gasteiger partial charge in [0.05, 0.1) is 11.5 Å². The summed E-state index contributed by atoms with van der Waals surface area (Å²) in [5.41, 5.74) is 0. The second kappa shape index (κ2) is 5.57. The van der Waals surface area contributed by atoms with Crippen molar-refractivity contribution in [1.29, 1.82) is 0 Å². The Bertz CT molecular complexity index is 411. The summed E-state index contributed by atoms with van der Waals surface area (Å²) in [5, 5.41) is 2.74. The molecule has 0 aromatic rings. The third-order valence-corrected chi connectivity index (χ3v) is 5.67. The van der Waals surface area contributed by atoms with Crippen molar-refractivity contribution in [3.63, 3.8) is 0 Å². The summed E-state index contributed by atoms with van der Waals surface area (Å²) in [6.07, 6.45) is -3.00. The number of piperazine rings is 1. The SMILES string of the molecule is O=S1(=O)CCCC(CN2CCNCC2C(F)(F)F)C1. The van der Waals surface area contributed by atoms with Gasteiger partial charge in [-0.2, -0.15) is 13.2 Å². The lowest BCUT2D eigenvalue weighted by atomic mass is 10.0. The number of sulfone groups is 1. The van der Waals surface area contributed by atoms with Crippen LogP contribution in [0.3, 0.4) is 0 Å². The zero-order valence-corrected chi connectivity index (χ0v) is 11.4. The standard InChI is InChI=1S/C11H19F3N2O2S/c12-11(13,14)10-6-15-3-4-16(10)7-9-2-1-5-19(17,18)8-9/h9-10,15H,1-8H2. The summed E-state index contributed by atoms with van der Waals surface area (Å²) >= 11 is 0. The van der Waals surface area contributed by atoms with Crippen LogP contribution in [0.25, 0.3) is 0 Å². The van der Waals surface area contributed by atoms with E-state index in [1.165, 1.54) is 4.90 Å². The predicted molar refractivity (Wildman–Crippen MR) is 65.7 cm³/mol. The van der Waals surface area contributed by atoms with Crippen molar-refractivity contribution in [3.8, 4) is 0 Å². The highest BCUT2D eigenvalue weighted by atomic mass is 32.2. The molecule has 0 bridgehead atoms. The summed E-state index contributed by atoms with van der Waals surface area (Å²) in [7, 11) is -3.06. The second-order valence-corrected chi connectivity index (χ2v) is 7.61. The van der Waals surface area contributed by atoms with E-state index in [2.05, 4.69) is 5.32 Å². The van der Waals surface area contributed by atoms with Gasteiger partial charge in [0.25, 0.3) is 0 Å². The first-order valence-corrected chi connectivity index (χ1v) is 8.32. The normalized spacial score (nSPS) is 33.2. The largest absolute Gasteiger partial charge is 0.405 e. The van der Waals surface area contributed by atoms with Crippen LogP contribution >= 0.6 is 0 Å². The smallest absolute Gasteiger partial charge is 0.314 e. The van der Waals surface area contributed by atoms with E-state index in [1.54, 1.807) is 0 Å². The fourth-order valence-corrected chi connectivity index (χ4v) is 4.64. The lowest BCUT2D eigenvalue weighted by molar-refractivity contribution is -0.188. The third-order valence-electron chi connectivity index (χ3n) is 3.78. The van der Waals surface area contributed by atoms with Gasteiger partial charge in [-0.15, -0.1) is 0 Å². The highest BCUT2D eigenvalue weighted by Gasteiger charge is 2.45. The average Bonchev–Trinajstić information content (AvgIpc) is 2.26. The molecule has 2 aliphatic rings. The van der Waals surface area contributed by atoms with E-state index in [1.807, 2.05) is 0 Å². The molecule has 2 fully saturated rings. The molecule has 2 heterocycles. The number of nitrogens with zero attached hydrogens (tertiary/aromatic N) is 1. The van der Waals surface area contributed by atoms with Crippen LogP contribution in [0.2, 0.25) is 0 Å². The molecule has 0 aromatic carbocycles. The maximum Gasteiger partial charge on any atom is 0.405 e. The topological polar surface area (TPSA) is 49.4 Å². The summed E-state index contributed by atoms with van der Waals surface area (Å²) < 4.78 is 61.7. The number of alkyl halides is 3. The van der Waals surface area contributed by atoms with Gasteiger partial charge in [0, 0.05) is 26.2 Å². The number of hydrogen-bond donors (Lipinski definition) is 1. The van der Waals surface area contributed by atoms with Crippen LogP contribution in [0.1, 0.15) is 12.8 Å². The minimum Gasteiger partial charge on any atom is -0.314 e. The fraction of sp³-hybridized carbons (Fsp3) is 1.00. The van der Waals surface area contributed by atoms with Gasteiger partial charge >= 0.3 is 6.18 Å². The number of hydrogen-bond acceptors (Lipinski definition) is 4. The highest BCUT2D eigenvalue weighted by Crippen LogP contribution is 2.28. The molecule has 0 aromatic heterocycles. The fourth-order valence-electron chi connectivity index (χ4n) is 2.88. The Balaban J connectivity index is 2.00. The maximum atomic E-state index is 12.9. The zero-order valence-electron chi connectivity index (χ0n) is 10.6. The van der Waals surface area contributed by atoms with Crippen molar-refractivity contribution >= 4 is 9.84 Å². The number of rotatable bonds is 2. The molecule has 2 saturated heterocycles. The summed E-state index contributed by atoms with van der Waals surface area (Å²) in [5.74, 6) is 0.0385. The van der Waals surface area contributed by atoms with E-state index in [4.69, 9.17) is 0 Å². The molecule has 112 valence electrons. The van der Waals surface area contributed by atoms with Crippen LogP contribution in [-0.2, 0) is 9.84 Å².